The van der Waals surface area contributed by atoms with E-state index in [1.165, 1.54) is 6.08 Å². The Kier molecular flexibility index (Phi) is 3.32. The molecule has 1 aliphatic carbocycles. The molecular weight excluding hydrogens is 242 g/mol. The average Bonchev–Trinajstić information content (AvgIpc) is 2.52. The number of hydrogen-bond acceptors (Lipinski definition) is 3. The number of benzene rings is 1. The third-order valence-electron chi connectivity index (χ3n) is 2.95. The van der Waals surface area contributed by atoms with Crippen LogP contribution >= 0.6 is 0 Å². The molecule has 0 atom stereocenters. The van der Waals surface area contributed by atoms with Gasteiger partial charge in [0.05, 0.1) is 7.11 Å². The molecule has 0 heterocycles. The summed E-state index contributed by atoms with van der Waals surface area (Å²) in [5.41, 5.74) is -0.441. The minimum absolute atomic E-state index is 0.107. The Balaban J connectivity index is 2.67. The van der Waals surface area contributed by atoms with Gasteiger partial charge < -0.3 is 9.84 Å². The Labute approximate surface area is 103 Å². The maximum Gasteiger partial charge on any atom is 0.343 e. The fourth-order valence-corrected chi connectivity index (χ4v) is 2.05. The van der Waals surface area contributed by atoms with Crippen molar-refractivity contribution in [2.75, 3.05) is 7.11 Å². The van der Waals surface area contributed by atoms with Crippen LogP contribution < -0.4 is 0 Å². The molecular formula is C13H12F2O3. The number of esters is 1. The van der Waals surface area contributed by atoms with E-state index in [1.807, 2.05) is 0 Å². The first-order valence-electron chi connectivity index (χ1n) is 5.55. The van der Waals surface area contributed by atoms with Crippen LogP contribution in [0, 0.1) is 11.6 Å². The highest BCUT2D eigenvalue weighted by Crippen LogP contribution is 2.30. The van der Waals surface area contributed by atoms with Gasteiger partial charge >= 0.3 is 5.97 Å². The van der Waals surface area contributed by atoms with Crippen LogP contribution in [0.25, 0.3) is 5.76 Å². The summed E-state index contributed by atoms with van der Waals surface area (Å²) in [4.78, 5) is 11.3. The Morgan fingerprint density at radius 2 is 2.17 bits per heavy atom. The van der Waals surface area contributed by atoms with Crippen molar-refractivity contribution in [2.24, 2.45) is 0 Å². The van der Waals surface area contributed by atoms with E-state index in [0.29, 0.717) is 19.3 Å². The zero-order valence-electron chi connectivity index (χ0n) is 9.80. The summed E-state index contributed by atoms with van der Waals surface area (Å²) in [5, 5.41) is 9.69. The minimum atomic E-state index is -1.06. The first-order chi connectivity index (χ1) is 8.56. The molecule has 0 unspecified atom stereocenters. The predicted molar refractivity (Wildman–Crippen MR) is 61.2 cm³/mol. The second-order valence-electron chi connectivity index (χ2n) is 4.05. The van der Waals surface area contributed by atoms with Crippen molar-refractivity contribution in [2.45, 2.75) is 19.3 Å². The van der Waals surface area contributed by atoms with Gasteiger partial charge in [-0.2, -0.15) is 0 Å². The number of halogens is 2. The van der Waals surface area contributed by atoms with E-state index in [-0.39, 0.29) is 16.9 Å². The topological polar surface area (TPSA) is 46.5 Å². The number of aliphatic hydroxyl groups is 1. The number of carbonyl (C=O) groups is 1. The number of methoxy groups -OCH3 is 1. The maximum atomic E-state index is 14.1. The van der Waals surface area contributed by atoms with E-state index >= 15 is 0 Å². The summed E-state index contributed by atoms with van der Waals surface area (Å²) >= 11 is 0. The molecule has 0 amide bonds. The van der Waals surface area contributed by atoms with Crippen LogP contribution in [0.15, 0.2) is 12.1 Å². The first kappa shape index (κ1) is 12.5. The smallest absolute Gasteiger partial charge is 0.343 e. The molecule has 1 N–H and O–H groups in total. The lowest BCUT2D eigenvalue weighted by molar-refractivity contribution is 0.0589. The normalized spacial score (nSPS) is 14.5. The summed E-state index contributed by atoms with van der Waals surface area (Å²) in [6.45, 7) is 0. The van der Waals surface area contributed by atoms with Gasteiger partial charge in [0, 0.05) is 5.56 Å². The van der Waals surface area contributed by atoms with Crippen LogP contribution in [0.4, 0.5) is 8.78 Å². The predicted octanol–water partition coefficient (Wildman–Crippen LogP) is 2.99. The lowest BCUT2D eigenvalue weighted by Gasteiger charge is -2.11. The van der Waals surface area contributed by atoms with Crippen LogP contribution in [0.5, 0.6) is 0 Å². The number of allylic oxidation sites excluding steroid dienone is 1. The average molecular weight is 254 g/mol. The molecule has 0 spiro atoms. The zero-order valence-corrected chi connectivity index (χ0v) is 9.80. The summed E-state index contributed by atoms with van der Waals surface area (Å²) in [5.74, 6) is -3.18. The first-order valence-corrected chi connectivity index (χ1v) is 5.55. The summed E-state index contributed by atoms with van der Waals surface area (Å²) in [7, 11) is 1.06. The molecule has 3 nitrogen and oxygen atoms in total. The Bertz CT molecular complexity index is 536. The summed E-state index contributed by atoms with van der Waals surface area (Å²) in [6, 6.07) is 0.974. The van der Waals surface area contributed by atoms with E-state index < -0.39 is 23.2 Å². The van der Waals surface area contributed by atoms with Crippen molar-refractivity contribution in [3.8, 4) is 0 Å². The van der Waals surface area contributed by atoms with Crippen molar-refractivity contribution in [3.05, 3.63) is 40.5 Å². The summed E-state index contributed by atoms with van der Waals surface area (Å²) < 4.78 is 32.2. The lowest BCUT2D eigenvalue weighted by Crippen LogP contribution is -2.12. The lowest BCUT2D eigenvalue weighted by atomic mass is 9.98. The van der Waals surface area contributed by atoms with Crippen LogP contribution in [0.3, 0.4) is 0 Å². The third kappa shape index (κ3) is 1.96. The van der Waals surface area contributed by atoms with E-state index in [9.17, 15) is 18.7 Å². The van der Waals surface area contributed by atoms with Crippen LogP contribution in [-0.4, -0.2) is 18.2 Å². The van der Waals surface area contributed by atoms with Crippen molar-refractivity contribution in [1.29, 1.82) is 0 Å². The van der Waals surface area contributed by atoms with Crippen LogP contribution in [0.2, 0.25) is 0 Å². The van der Waals surface area contributed by atoms with Gasteiger partial charge in [-0.3, -0.25) is 0 Å². The van der Waals surface area contributed by atoms with E-state index in [0.717, 1.165) is 13.2 Å². The number of ether oxygens (including phenoxy) is 1. The van der Waals surface area contributed by atoms with Gasteiger partial charge in [-0.1, -0.05) is 0 Å². The second-order valence-corrected chi connectivity index (χ2v) is 4.05. The van der Waals surface area contributed by atoms with Crippen molar-refractivity contribution < 1.29 is 23.4 Å². The number of aliphatic hydroxyl groups excluding tert-OH is 1. The number of rotatable bonds is 1. The molecule has 5 heteroatoms. The molecule has 0 fully saturated rings. The van der Waals surface area contributed by atoms with E-state index in [1.54, 1.807) is 0 Å². The third-order valence-corrected chi connectivity index (χ3v) is 2.95. The maximum absolute atomic E-state index is 14.1. The molecule has 1 aromatic carbocycles. The van der Waals surface area contributed by atoms with Crippen LogP contribution in [-0.2, 0) is 11.2 Å². The molecule has 0 aromatic heterocycles. The second kappa shape index (κ2) is 4.76. The van der Waals surface area contributed by atoms with Crippen molar-refractivity contribution in [1.82, 2.24) is 0 Å². The Hall–Kier alpha value is -1.91. The number of carbonyl (C=O) groups excluding carboxylic acids is 1. The molecule has 2 rings (SSSR count). The van der Waals surface area contributed by atoms with Gasteiger partial charge in [0.2, 0.25) is 0 Å². The fourth-order valence-electron chi connectivity index (χ4n) is 2.05. The minimum Gasteiger partial charge on any atom is -0.508 e. The van der Waals surface area contributed by atoms with Crippen LogP contribution in [0.1, 0.15) is 34.3 Å². The number of hydrogen-bond donors (Lipinski definition) is 1. The van der Waals surface area contributed by atoms with E-state index in [4.69, 9.17) is 0 Å². The van der Waals surface area contributed by atoms with E-state index in [2.05, 4.69) is 4.74 Å². The Morgan fingerprint density at radius 1 is 1.44 bits per heavy atom. The van der Waals surface area contributed by atoms with Gasteiger partial charge in [-0.05, 0) is 37.0 Å². The zero-order chi connectivity index (χ0) is 13.3. The molecule has 0 aliphatic heterocycles. The van der Waals surface area contributed by atoms with Crippen molar-refractivity contribution >= 4 is 11.7 Å². The monoisotopic (exact) mass is 254 g/mol. The summed E-state index contributed by atoms with van der Waals surface area (Å²) in [6.07, 6.45) is 3.06. The number of fused-ring (bicyclic) bond motifs is 1. The van der Waals surface area contributed by atoms with Gasteiger partial charge in [-0.15, -0.1) is 0 Å². The molecule has 0 radical (unpaired) electrons. The van der Waals surface area contributed by atoms with Gasteiger partial charge in [0.25, 0.3) is 0 Å². The fraction of sp³-hybridized carbons (Fsp3) is 0.308. The molecule has 0 bridgehead atoms. The molecule has 96 valence electrons. The van der Waals surface area contributed by atoms with Gasteiger partial charge in [0.1, 0.15) is 23.0 Å². The highest BCUT2D eigenvalue weighted by Gasteiger charge is 2.26. The standard InChI is InChI=1S/C13H12F2O3/c1-18-13(17)11-9(14)6-8-7(12(11)15)4-2-3-5-10(8)16/h5-6,16H,2-4H2,1H3. The molecule has 1 aromatic rings. The Morgan fingerprint density at radius 3 is 2.83 bits per heavy atom. The molecule has 0 saturated heterocycles. The molecule has 1 aliphatic rings. The highest BCUT2D eigenvalue weighted by molar-refractivity contribution is 5.91. The quantitative estimate of drug-likeness (QED) is 0.784. The van der Waals surface area contributed by atoms with Gasteiger partial charge in [-0.25, -0.2) is 13.6 Å². The molecule has 18 heavy (non-hydrogen) atoms. The van der Waals surface area contributed by atoms with Crippen molar-refractivity contribution in [3.63, 3.8) is 0 Å². The molecule has 0 saturated carbocycles. The highest BCUT2D eigenvalue weighted by atomic mass is 19.1. The largest absolute Gasteiger partial charge is 0.508 e. The SMILES string of the molecule is COC(=O)c1c(F)cc2c(c1F)CCCC=C2O. The van der Waals surface area contributed by atoms with Gasteiger partial charge in [0.15, 0.2) is 0 Å².